The van der Waals surface area contributed by atoms with Gasteiger partial charge in [-0.2, -0.15) is 4.98 Å². The summed E-state index contributed by atoms with van der Waals surface area (Å²) in [4.78, 5) is 45.2. The number of para-hydroxylation sites is 1. The van der Waals surface area contributed by atoms with E-state index in [0.717, 1.165) is 0 Å². The van der Waals surface area contributed by atoms with Gasteiger partial charge in [0.1, 0.15) is 34.7 Å². The molecular formula is C39H50FN5O7. The van der Waals surface area contributed by atoms with E-state index in [-0.39, 0.29) is 35.6 Å². The average molecular weight is 720 g/mol. The van der Waals surface area contributed by atoms with Gasteiger partial charge in [0.05, 0.1) is 5.69 Å². The summed E-state index contributed by atoms with van der Waals surface area (Å²) in [5, 5.41) is 17.0. The molecule has 0 bridgehead atoms. The molecule has 12 nitrogen and oxygen atoms in total. The van der Waals surface area contributed by atoms with Gasteiger partial charge in [0, 0.05) is 56.3 Å². The number of phenolic OH excluding ortho intramolecular Hbond substituents is 1. The number of phenols is 1. The molecule has 5 rings (SSSR count). The van der Waals surface area contributed by atoms with Crippen LogP contribution in [0.3, 0.4) is 0 Å². The summed E-state index contributed by atoms with van der Waals surface area (Å²) in [6.45, 7) is 14.2. The number of aromatic hydroxyl groups is 1. The van der Waals surface area contributed by atoms with Crippen LogP contribution in [0.5, 0.6) is 11.6 Å². The quantitative estimate of drug-likeness (QED) is 0.226. The zero-order chi connectivity index (χ0) is 37.8. The molecule has 3 aromatic rings. The lowest BCUT2D eigenvalue weighted by molar-refractivity contribution is -0.114. The Bertz CT molecular complexity index is 1770. The van der Waals surface area contributed by atoms with Gasteiger partial charge in [0.15, 0.2) is 0 Å². The maximum atomic E-state index is 14.9. The highest BCUT2D eigenvalue weighted by Crippen LogP contribution is 2.41. The highest BCUT2D eigenvalue weighted by Gasteiger charge is 2.29. The summed E-state index contributed by atoms with van der Waals surface area (Å²) in [5.41, 5.74) is 0.856. The molecule has 0 atom stereocenters. The first-order valence-corrected chi connectivity index (χ1v) is 17.7. The molecule has 0 spiro atoms. The molecule has 2 aliphatic rings. The standard InChI is InChI=1S/C39H50FN5O7/c1-24(46)41-32-16-11-25(21-31(32)40)29-9-8-10-30(35(29)47)26-22-33(44-17-19-45(20-18-44)37(49)52-39(5,6)7)43-34(23-26)50-28-14-12-27(13-15-28)42-36(48)51-38(2,3)4/h8-11,16,21-23,27-28,47H,12-15,17-20H2,1-7H3,(H,41,46)(H,42,48). The normalized spacial score (nSPS) is 18.0. The lowest BCUT2D eigenvalue weighted by Gasteiger charge is -2.36. The molecular weight excluding hydrogens is 669 g/mol. The highest BCUT2D eigenvalue weighted by molar-refractivity contribution is 5.90. The van der Waals surface area contributed by atoms with E-state index in [9.17, 15) is 23.9 Å². The molecule has 1 saturated heterocycles. The smallest absolute Gasteiger partial charge is 0.410 e. The van der Waals surface area contributed by atoms with Gasteiger partial charge in [0.25, 0.3) is 0 Å². The number of benzene rings is 2. The summed E-state index contributed by atoms with van der Waals surface area (Å²) < 4.78 is 32.4. The van der Waals surface area contributed by atoms with Crippen LogP contribution in [0.1, 0.15) is 74.1 Å². The van der Waals surface area contributed by atoms with E-state index in [0.29, 0.717) is 85.8 Å². The van der Waals surface area contributed by atoms with Crippen molar-refractivity contribution in [2.45, 2.75) is 97.5 Å². The zero-order valence-corrected chi connectivity index (χ0v) is 31.0. The fraction of sp³-hybridized carbons (Fsp3) is 0.487. The number of ether oxygens (including phenoxy) is 3. The molecule has 1 saturated carbocycles. The maximum Gasteiger partial charge on any atom is 0.410 e. The number of pyridine rings is 1. The lowest BCUT2D eigenvalue weighted by Crippen LogP contribution is -2.50. The highest BCUT2D eigenvalue weighted by atomic mass is 19.1. The van der Waals surface area contributed by atoms with Crippen molar-refractivity contribution in [1.82, 2.24) is 15.2 Å². The van der Waals surface area contributed by atoms with Crippen LogP contribution in [-0.4, -0.2) is 82.6 Å². The van der Waals surface area contributed by atoms with Crippen LogP contribution in [0.25, 0.3) is 22.3 Å². The van der Waals surface area contributed by atoms with Gasteiger partial charge in [-0.3, -0.25) is 4.79 Å². The molecule has 2 heterocycles. The molecule has 52 heavy (non-hydrogen) atoms. The minimum absolute atomic E-state index is 0.0253. The number of rotatable bonds is 7. The van der Waals surface area contributed by atoms with Crippen molar-refractivity contribution in [1.29, 1.82) is 0 Å². The van der Waals surface area contributed by atoms with Crippen molar-refractivity contribution in [2.75, 3.05) is 36.4 Å². The summed E-state index contributed by atoms with van der Waals surface area (Å²) in [6, 6.07) is 13.3. The number of hydrogen-bond acceptors (Lipinski definition) is 9. The molecule has 1 aromatic heterocycles. The summed E-state index contributed by atoms with van der Waals surface area (Å²) in [7, 11) is 0. The maximum absolute atomic E-state index is 14.9. The number of alkyl carbamates (subject to hydrolysis) is 1. The van der Waals surface area contributed by atoms with Crippen LogP contribution in [0.15, 0.2) is 48.5 Å². The second-order valence-electron chi connectivity index (χ2n) is 15.3. The topological polar surface area (TPSA) is 143 Å². The minimum Gasteiger partial charge on any atom is -0.507 e. The summed E-state index contributed by atoms with van der Waals surface area (Å²) in [6.07, 6.45) is 1.86. The van der Waals surface area contributed by atoms with Gasteiger partial charge in [0.2, 0.25) is 11.8 Å². The first kappa shape index (κ1) is 38.2. The third kappa shape index (κ3) is 10.3. The Labute approximate surface area is 304 Å². The van der Waals surface area contributed by atoms with Crippen LogP contribution >= 0.6 is 0 Å². The molecule has 280 valence electrons. The number of aromatic nitrogens is 1. The molecule has 3 amide bonds. The Morgan fingerprint density at radius 1 is 0.846 bits per heavy atom. The van der Waals surface area contributed by atoms with Crippen LogP contribution < -0.4 is 20.3 Å². The predicted molar refractivity (Wildman–Crippen MR) is 197 cm³/mol. The monoisotopic (exact) mass is 719 g/mol. The molecule has 13 heteroatoms. The Morgan fingerprint density at radius 2 is 1.48 bits per heavy atom. The Morgan fingerprint density at radius 3 is 2.08 bits per heavy atom. The number of halogens is 1. The summed E-state index contributed by atoms with van der Waals surface area (Å²) in [5.74, 6) is -0.0743. The molecule has 1 aliphatic heterocycles. The number of nitrogens with zero attached hydrogens (tertiary/aromatic N) is 3. The molecule has 2 aromatic carbocycles. The van der Waals surface area contributed by atoms with E-state index in [2.05, 4.69) is 15.5 Å². The first-order chi connectivity index (χ1) is 24.4. The van der Waals surface area contributed by atoms with Crippen LogP contribution in [0.2, 0.25) is 0 Å². The molecule has 0 radical (unpaired) electrons. The number of amides is 3. The van der Waals surface area contributed by atoms with Gasteiger partial charge >= 0.3 is 12.2 Å². The van der Waals surface area contributed by atoms with Crippen molar-refractivity contribution in [3.8, 4) is 33.9 Å². The van der Waals surface area contributed by atoms with Gasteiger partial charge in [-0.05, 0) is 96.6 Å². The Hall–Kier alpha value is -5.07. The predicted octanol–water partition coefficient (Wildman–Crippen LogP) is 7.49. The number of piperazine rings is 1. The number of anilines is 2. The fourth-order valence-electron chi connectivity index (χ4n) is 6.27. The lowest BCUT2D eigenvalue weighted by atomic mass is 9.93. The van der Waals surface area contributed by atoms with E-state index in [1.807, 2.05) is 47.6 Å². The second-order valence-corrected chi connectivity index (χ2v) is 15.3. The van der Waals surface area contributed by atoms with E-state index in [1.54, 1.807) is 35.2 Å². The number of hydrogen-bond donors (Lipinski definition) is 3. The zero-order valence-electron chi connectivity index (χ0n) is 31.0. The van der Waals surface area contributed by atoms with Crippen molar-refractivity contribution in [2.24, 2.45) is 0 Å². The van der Waals surface area contributed by atoms with E-state index >= 15 is 0 Å². The van der Waals surface area contributed by atoms with Crippen molar-refractivity contribution >= 4 is 29.6 Å². The second kappa shape index (κ2) is 15.7. The van der Waals surface area contributed by atoms with Crippen molar-refractivity contribution < 1.29 is 38.1 Å². The van der Waals surface area contributed by atoms with Gasteiger partial charge in [-0.1, -0.05) is 24.3 Å². The third-order valence-electron chi connectivity index (χ3n) is 8.66. The number of carbonyl (C=O) groups is 3. The van der Waals surface area contributed by atoms with E-state index < -0.39 is 23.1 Å². The average Bonchev–Trinajstić information content (AvgIpc) is 3.05. The molecule has 1 aliphatic carbocycles. The van der Waals surface area contributed by atoms with Gasteiger partial charge < -0.3 is 39.8 Å². The van der Waals surface area contributed by atoms with Gasteiger partial charge in [-0.15, -0.1) is 0 Å². The minimum atomic E-state index is -0.624. The van der Waals surface area contributed by atoms with Crippen LogP contribution in [0.4, 0.5) is 25.5 Å². The van der Waals surface area contributed by atoms with Crippen LogP contribution in [-0.2, 0) is 14.3 Å². The largest absolute Gasteiger partial charge is 0.507 e. The Kier molecular flexibility index (Phi) is 11.5. The van der Waals surface area contributed by atoms with E-state index in [1.165, 1.54) is 19.1 Å². The Balaban J connectivity index is 1.39. The first-order valence-electron chi connectivity index (χ1n) is 17.7. The molecule has 0 unspecified atom stereocenters. The fourth-order valence-corrected chi connectivity index (χ4v) is 6.27. The molecule has 3 N–H and O–H groups in total. The van der Waals surface area contributed by atoms with Crippen molar-refractivity contribution in [3.63, 3.8) is 0 Å². The van der Waals surface area contributed by atoms with Crippen molar-refractivity contribution in [3.05, 3.63) is 54.3 Å². The number of carbonyl (C=O) groups excluding carboxylic acids is 3. The summed E-state index contributed by atoms with van der Waals surface area (Å²) >= 11 is 0. The van der Waals surface area contributed by atoms with Crippen LogP contribution in [0, 0.1) is 5.82 Å². The van der Waals surface area contributed by atoms with E-state index in [4.69, 9.17) is 19.2 Å². The molecule has 2 fully saturated rings. The number of nitrogens with one attached hydrogen (secondary N) is 2. The SMILES string of the molecule is CC(=O)Nc1ccc(-c2cccc(-c3cc(OC4CCC(NC(=O)OC(C)(C)C)CC4)nc(N4CCN(C(=O)OC(C)(C)C)CC4)c3)c2O)cc1F. The van der Waals surface area contributed by atoms with Gasteiger partial charge in [-0.25, -0.2) is 14.0 Å². The third-order valence-corrected chi connectivity index (χ3v) is 8.66.